The Morgan fingerprint density at radius 1 is 1.10 bits per heavy atom. The van der Waals surface area contributed by atoms with Crippen molar-refractivity contribution in [2.45, 2.75) is 13.8 Å². The van der Waals surface area contributed by atoms with Crippen LogP contribution in [0.4, 0.5) is 0 Å². The van der Waals surface area contributed by atoms with Crippen molar-refractivity contribution < 1.29 is 12.4 Å². The van der Waals surface area contributed by atoms with Gasteiger partial charge in [0.15, 0.2) is 0 Å². The number of hydrogen-bond acceptors (Lipinski definition) is 0. The van der Waals surface area contributed by atoms with E-state index in [-0.39, 0.29) is 35.5 Å². The van der Waals surface area contributed by atoms with Gasteiger partial charge in [0.2, 0.25) is 0 Å². The van der Waals surface area contributed by atoms with Gasteiger partial charge in [-0.1, -0.05) is 13.8 Å². The first-order chi connectivity index (χ1) is 3.79. The molecule has 0 aliphatic heterocycles. The molecule has 2 heteroatoms. The maximum Gasteiger partial charge on any atom is 2.00 e. The Labute approximate surface area is 84.6 Å². The average molecular weight is 165 g/mol. The third kappa shape index (κ3) is 4.15. The Hall–Kier alpha value is 0.276. The van der Waals surface area contributed by atoms with Gasteiger partial charge in [0.05, 0.1) is 0 Å². The van der Waals surface area contributed by atoms with Crippen molar-refractivity contribution in [3.8, 4) is 0 Å². The molecule has 50 valence electrons. The van der Waals surface area contributed by atoms with Gasteiger partial charge in [-0.3, -0.25) is 0 Å². The monoisotopic (exact) mass is 164 g/mol. The average Bonchev–Trinajstić information content (AvgIpc) is 1.64. The third-order valence-electron chi connectivity index (χ3n) is 1.09. The molecular formula is C8H9ClMg. The van der Waals surface area contributed by atoms with Crippen LogP contribution in [0.15, 0.2) is 18.2 Å². The quantitative estimate of drug-likeness (QED) is 0.332. The van der Waals surface area contributed by atoms with Crippen molar-refractivity contribution in [1.29, 1.82) is 0 Å². The van der Waals surface area contributed by atoms with Crippen LogP contribution in [0.3, 0.4) is 0 Å². The van der Waals surface area contributed by atoms with Gasteiger partial charge >= 0.3 is 23.1 Å². The van der Waals surface area contributed by atoms with E-state index in [9.17, 15) is 0 Å². The van der Waals surface area contributed by atoms with Gasteiger partial charge in [0.1, 0.15) is 0 Å². The van der Waals surface area contributed by atoms with Crippen LogP contribution in [-0.4, -0.2) is 23.1 Å². The van der Waals surface area contributed by atoms with E-state index in [0.717, 1.165) is 0 Å². The maximum absolute atomic E-state index is 3.17. The topological polar surface area (TPSA) is 0 Å². The summed E-state index contributed by atoms with van der Waals surface area (Å²) in [4.78, 5) is 0. The van der Waals surface area contributed by atoms with Crippen molar-refractivity contribution in [3.05, 3.63) is 35.4 Å². The number of rotatable bonds is 0. The molecule has 0 saturated carbocycles. The van der Waals surface area contributed by atoms with E-state index in [4.69, 9.17) is 0 Å². The van der Waals surface area contributed by atoms with E-state index in [1.54, 1.807) is 0 Å². The minimum atomic E-state index is 0. The molecule has 0 nitrogen and oxygen atoms in total. The number of hydrogen-bond donors (Lipinski definition) is 0. The zero-order valence-corrected chi connectivity index (χ0v) is 8.49. The zero-order valence-electron chi connectivity index (χ0n) is 6.32. The predicted octanol–water partition coefficient (Wildman–Crippen LogP) is -1.27. The molecule has 0 heterocycles. The molecule has 0 aliphatic rings. The molecule has 0 fully saturated rings. The Morgan fingerprint density at radius 3 is 1.70 bits per heavy atom. The Balaban J connectivity index is 0. The molecule has 0 bridgehead atoms. The van der Waals surface area contributed by atoms with E-state index < -0.39 is 0 Å². The summed E-state index contributed by atoms with van der Waals surface area (Å²) in [5.74, 6) is 0. The third-order valence-corrected chi connectivity index (χ3v) is 1.09. The van der Waals surface area contributed by atoms with Gasteiger partial charge in [0, 0.05) is 0 Å². The van der Waals surface area contributed by atoms with Crippen LogP contribution in [0.25, 0.3) is 0 Å². The molecule has 0 saturated heterocycles. The van der Waals surface area contributed by atoms with Gasteiger partial charge in [-0.2, -0.15) is 35.4 Å². The molecule has 10 heavy (non-hydrogen) atoms. The fourth-order valence-electron chi connectivity index (χ4n) is 0.731. The van der Waals surface area contributed by atoms with Crippen LogP contribution in [0.1, 0.15) is 11.1 Å². The van der Waals surface area contributed by atoms with E-state index >= 15 is 0 Å². The first-order valence-corrected chi connectivity index (χ1v) is 2.74. The second-order valence-corrected chi connectivity index (χ2v) is 2.02. The van der Waals surface area contributed by atoms with Crippen LogP contribution in [0.2, 0.25) is 0 Å². The van der Waals surface area contributed by atoms with E-state index in [2.05, 4.69) is 6.07 Å². The summed E-state index contributed by atoms with van der Waals surface area (Å²) in [6.45, 7) is 4.10. The largest absolute Gasteiger partial charge is 2.00 e. The van der Waals surface area contributed by atoms with Crippen LogP contribution in [0.5, 0.6) is 0 Å². The number of halogens is 1. The van der Waals surface area contributed by atoms with Crippen LogP contribution in [0, 0.1) is 19.9 Å². The van der Waals surface area contributed by atoms with E-state index in [1.807, 2.05) is 32.0 Å². The first-order valence-electron chi connectivity index (χ1n) is 2.74. The van der Waals surface area contributed by atoms with Gasteiger partial charge < -0.3 is 12.4 Å². The van der Waals surface area contributed by atoms with Crippen LogP contribution < -0.4 is 12.4 Å². The molecule has 0 spiro atoms. The van der Waals surface area contributed by atoms with Crippen molar-refractivity contribution in [3.63, 3.8) is 0 Å². The van der Waals surface area contributed by atoms with Crippen LogP contribution >= 0.6 is 0 Å². The molecule has 0 aromatic heterocycles. The zero-order chi connectivity index (χ0) is 5.98. The molecule has 0 N–H and O–H groups in total. The Morgan fingerprint density at radius 2 is 1.50 bits per heavy atom. The van der Waals surface area contributed by atoms with Crippen molar-refractivity contribution in [1.82, 2.24) is 0 Å². The minimum Gasteiger partial charge on any atom is -1.00 e. The molecule has 0 aliphatic carbocycles. The summed E-state index contributed by atoms with van der Waals surface area (Å²) in [7, 11) is 0. The second-order valence-electron chi connectivity index (χ2n) is 2.02. The van der Waals surface area contributed by atoms with Gasteiger partial charge in [-0.15, -0.1) is 0 Å². The summed E-state index contributed by atoms with van der Waals surface area (Å²) >= 11 is 0. The van der Waals surface area contributed by atoms with Gasteiger partial charge in [-0.25, -0.2) is 0 Å². The molecule has 0 unspecified atom stereocenters. The molecule has 1 rings (SSSR count). The molecule has 0 amide bonds. The SMILES string of the molecule is Cc1[c-]c(C)ccc1.[Cl-].[Mg+2]. The number of aryl methyl sites for hydroxylation is 2. The number of benzene rings is 1. The van der Waals surface area contributed by atoms with Crippen molar-refractivity contribution in [2.24, 2.45) is 0 Å². The Kier molecular flexibility index (Phi) is 7.77. The van der Waals surface area contributed by atoms with E-state index in [1.165, 1.54) is 11.1 Å². The van der Waals surface area contributed by atoms with Gasteiger partial charge in [-0.05, 0) is 0 Å². The minimum absolute atomic E-state index is 0. The molecule has 0 atom stereocenters. The summed E-state index contributed by atoms with van der Waals surface area (Å²) < 4.78 is 0. The second kappa shape index (κ2) is 6.02. The predicted molar refractivity (Wildman–Crippen MR) is 40.5 cm³/mol. The van der Waals surface area contributed by atoms with Crippen molar-refractivity contribution in [2.75, 3.05) is 0 Å². The van der Waals surface area contributed by atoms with E-state index in [0.29, 0.717) is 0 Å². The summed E-state index contributed by atoms with van der Waals surface area (Å²) in [5, 5.41) is 0. The Bertz CT molecular complexity index is 169. The normalized spacial score (nSPS) is 7.40. The summed E-state index contributed by atoms with van der Waals surface area (Å²) in [6, 6.07) is 9.31. The first kappa shape index (κ1) is 12.9. The fraction of sp³-hybridized carbons (Fsp3) is 0.250. The standard InChI is InChI=1S/C8H9.ClH.Mg/c1-7-4-3-5-8(2)6-7;;/h3-5H,1-2H3;1H;/q-1;;+2/p-1. The van der Waals surface area contributed by atoms with Gasteiger partial charge in [0.25, 0.3) is 0 Å². The molecule has 1 aromatic carbocycles. The molecule has 0 radical (unpaired) electrons. The molecule has 1 aromatic rings. The smallest absolute Gasteiger partial charge is 1.00 e. The van der Waals surface area contributed by atoms with Crippen molar-refractivity contribution >= 4 is 23.1 Å². The maximum atomic E-state index is 3.17. The fourth-order valence-corrected chi connectivity index (χ4v) is 0.731. The summed E-state index contributed by atoms with van der Waals surface area (Å²) in [6.07, 6.45) is 0. The van der Waals surface area contributed by atoms with Crippen LogP contribution in [-0.2, 0) is 0 Å². The molecular weight excluding hydrogens is 156 g/mol. The summed E-state index contributed by atoms with van der Waals surface area (Å²) in [5.41, 5.74) is 2.43.